The molecule has 1 heterocycles. The van der Waals surface area contributed by atoms with Crippen molar-refractivity contribution >= 4 is 0 Å². The first kappa shape index (κ1) is 41.9. The maximum Gasteiger partial charge on any atom is 0.168 e. The van der Waals surface area contributed by atoms with Crippen LogP contribution in [0.5, 0.6) is 0 Å². The predicted molar refractivity (Wildman–Crippen MR) is 200 cm³/mol. The number of likely N-dealkylation sites (N-methyl/N-ethyl adjacent to an activating group) is 1. The van der Waals surface area contributed by atoms with Crippen LogP contribution in [-0.2, 0) is 9.47 Å². The summed E-state index contributed by atoms with van der Waals surface area (Å²) in [6, 6.07) is 0. The lowest BCUT2D eigenvalue weighted by atomic mass is 9.98. The van der Waals surface area contributed by atoms with E-state index in [1.165, 1.54) is 141 Å². The quantitative estimate of drug-likeness (QED) is 0.0547. The molecule has 1 aliphatic heterocycles. The van der Waals surface area contributed by atoms with E-state index in [0.29, 0.717) is 0 Å². The van der Waals surface area contributed by atoms with Crippen LogP contribution >= 0.6 is 0 Å². The van der Waals surface area contributed by atoms with Gasteiger partial charge in [0.2, 0.25) is 0 Å². The summed E-state index contributed by atoms with van der Waals surface area (Å²) < 4.78 is 13.1. The van der Waals surface area contributed by atoms with Crippen molar-refractivity contribution in [2.24, 2.45) is 0 Å². The van der Waals surface area contributed by atoms with Crippen LogP contribution in [0.15, 0.2) is 48.6 Å². The highest BCUT2D eigenvalue weighted by molar-refractivity contribution is 4.93. The standard InChI is InChI=1S/C42H77NO2/c1-5-7-9-11-13-15-17-19-21-23-25-27-29-31-33-35-37-42(44-40-41(45-42)39-43(3)4)38-36-34-32-30-28-26-24-22-20-18-16-14-12-10-8-6-2/h11,13-14,16-17,19-20,22,41H,5-10,12,15,18,21,23-40H2,1-4H3/b13-11-,16-14-,19-17-,22-20-. The molecule has 262 valence electrons. The molecule has 0 bridgehead atoms. The molecule has 3 heteroatoms. The average molecular weight is 628 g/mol. The third kappa shape index (κ3) is 26.6. The third-order valence-corrected chi connectivity index (χ3v) is 9.00. The van der Waals surface area contributed by atoms with Crippen LogP contribution in [0.1, 0.15) is 181 Å². The minimum absolute atomic E-state index is 0.218. The van der Waals surface area contributed by atoms with Crippen molar-refractivity contribution in [1.82, 2.24) is 4.90 Å². The number of allylic oxidation sites excluding steroid dienone is 8. The topological polar surface area (TPSA) is 21.7 Å². The number of nitrogens with zero attached hydrogens (tertiary/aromatic N) is 1. The van der Waals surface area contributed by atoms with Gasteiger partial charge in [0, 0.05) is 19.4 Å². The van der Waals surface area contributed by atoms with Crippen molar-refractivity contribution in [2.75, 3.05) is 27.2 Å². The minimum Gasteiger partial charge on any atom is -0.347 e. The molecule has 0 amide bonds. The Morgan fingerprint density at radius 1 is 0.511 bits per heavy atom. The number of hydrogen-bond acceptors (Lipinski definition) is 3. The zero-order valence-electron chi connectivity index (χ0n) is 30.8. The van der Waals surface area contributed by atoms with Gasteiger partial charge in [-0.2, -0.15) is 0 Å². The first-order chi connectivity index (χ1) is 22.1. The fourth-order valence-electron chi connectivity index (χ4n) is 6.25. The highest BCUT2D eigenvalue weighted by Gasteiger charge is 2.40. The van der Waals surface area contributed by atoms with Gasteiger partial charge < -0.3 is 14.4 Å². The highest BCUT2D eigenvalue weighted by Crippen LogP contribution is 2.35. The van der Waals surface area contributed by atoms with Crippen LogP contribution in [0.4, 0.5) is 0 Å². The Morgan fingerprint density at radius 2 is 0.911 bits per heavy atom. The Kier molecular flexibility index (Phi) is 29.2. The van der Waals surface area contributed by atoms with E-state index in [4.69, 9.17) is 9.47 Å². The van der Waals surface area contributed by atoms with Crippen LogP contribution in [-0.4, -0.2) is 44.0 Å². The Morgan fingerprint density at radius 3 is 1.36 bits per heavy atom. The van der Waals surface area contributed by atoms with Gasteiger partial charge in [-0.05, 0) is 84.7 Å². The summed E-state index contributed by atoms with van der Waals surface area (Å²) in [6.45, 7) is 6.23. The lowest BCUT2D eigenvalue weighted by Crippen LogP contribution is -2.33. The van der Waals surface area contributed by atoms with Gasteiger partial charge in [0.1, 0.15) is 0 Å². The molecule has 0 aliphatic carbocycles. The zero-order valence-corrected chi connectivity index (χ0v) is 30.8. The summed E-state index contributed by atoms with van der Waals surface area (Å²) in [5, 5.41) is 0. The molecule has 0 aromatic rings. The monoisotopic (exact) mass is 628 g/mol. The van der Waals surface area contributed by atoms with E-state index in [2.05, 4.69) is 81.5 Å². The summed E-state index contributed by atoms with van der Waals surface area (Å²) >= 11 is 0. The number of ether oxygens (including phenoxy) is 2. The maximum absolute atomic E-state index is 6.62. The molecule has 0 saturated carbocycles. The first-order valence-electron chi connectivity index (χ1n) is 19.7. The molecule has 0 spiro atoms. The minimum atomic E-state index is -0.326. The number of rotatable bonds is 32. The first-order valence-corrected chi connectivity index (χ1v) is 19.7. The van der Waals surface area contributed by atoms with E-state index in [1.54, 1.807) is 0 Å². The van der Waals surface area contributed by atoms with Gasteiger partial charge in [-0.1, -0.05) is 146 Å². The Balaban J connectivity index is 2.12. The van der Waals surface area contributed by atoms with Gasteiger partial charge in [-0.15, -0.1) is 0 Å². The molecule has 45 heavy (non-hydrogen) atoms. The second kappa shape index (κ2) is 31.4. The average Bonchev–Trinajstić information content (AvgIpc) is 3.42. The van der Waals surface area contributed by atoms with Gasteiger partial charge in [0.15, 0.2) is 5.79 Å². The molecule has 2 unspecified atom stereocenters. The Hall–Kier alpha value is -1.16. The summed E-state index contributed by atoms with van der Waals surface area (Å²) in [5.74, 6) is -0.326. The number of hydrogen-bond donors (Lipinski definition) is 0. The normalized spacial score (nSPS) is 19.2. The second-order valence-corrected chi connectivity index (χ2v) is 13.9. The fraction of sp³-hybridized carbons (Fsp3) is 0.810. The summed E-state index contributed by atoms with van der Waals surface area (Å²) in [6.07, 6.45) is 52.1. The van der Waals surface area contributed by atoms with Gasteiger partial charge in [0.05, 0.1) is 12.7 Å². The predicted octanol–water partition coefficient (Wildman–Crippen LogP) is 13.1. The van der Waals surface area contributed by atoms with Crippen LogP contribution in [0.2, 0.25) is 0 Å². The Bertz CT molecular complexity index is 739. The summed E-state index contributed by atoms with van der Waals surface area (Å²) in [7, 11) is 4.27. The van der Waals surface area contributed by atoms with Crippen molar-refractivity contribution in [3.8, 4) is 0 Å². The molecule has 0 aromatic carbocycles. The molecule has 0 N–H and O–H groups in total. The summed E-state index contributed by atoms with van der Waals surface area (Å²) in [4.78, 5) is 2.23. The fourth-order valence-corrected chi connectivity index (χ4v) is 6.25. The van der Waals surface area contributed by atoms with E-state index in [9.17, 15) is 0 Å². The molecular weight excluding hydrogens is 550 g/mol. The number of unbranched alkanes of at least 4 members (excludes halogenated alkanes) is 18. The van der Waals surface area contributed by atoms with E-state index >= 15 is 0 Å². The zero-order chi connectivity index (χ0) is 32.5. The molecule has 0 aromatic heterocycles. The SMILES string of the molecule is CCCC/C=C\C/C=C\CCCCCCCCCC1(CCCCCCCC/C=C\C/C=C\CCCCC)OCC(CN(C)C)O1. The third-order valence-electron chi connectivity index (χ3n) is 9.00. The molecule has 0 radical (unpaired) electrons. The van der Waals surface area contributed by atoms with E-state index in [0.717, 1.165) is 38.8 Å². The van der Waals surface area contributed by atoms with Gasteiger partial charge >= 0.3 is 0 Å². The highest BCUT2D eigenvalue weighted by atomic mass is 16.7. The van der Waals surface area contributed by atoms with Gasteiger partial charge in [-0.25, -0.2) is 0 Å². The molecule has 1 fully saturated rings. The molecule has 3 nitrogen and oxygen atoms in total. The molecular formula is C42H77NO2. The van der Waals surface area contributed by atoms with Crippen molar-refractivity contribution in [2.45, 2.75) is 193 Å². The van der Waals surface area contributed by atoms with Gasteiger partial charge in [0.25, 0.3) is 0 Å². The van der Waals surface area contributed by atoms with E-state index < -0.39 is 0 Å². The summed E-state index contributed by atoms with van der Waals surface area (Å²) in [5.41, 5.74) is 0. The van der Waals surface area contributed by atoms with Crippen LogP contribution in [0, 0.1) is 0 Å². The van der Waals surface area contributed by atoms with Gasteiger partial charge in [-0.3, -0.25) is 0 Å². The Labute approximate surface area is 282 Å². The largest absolute Gasteiger partial charge is 0.347 e. The van der Waals surface area contributed by atoms with Crippen LogP contribution < -0.4 is 0 Å². The smallest absolute Gasteiger partial charge is 0.168 e. The molecule has 1 saturated heterocycles. The lowest BCUT2D eigenvalue weighted by Gasteiger charge is -2.29. The molecule has 1 rings (SSSR count). The van der Waals surface area contributed by atoms with Crippen molar-refractivity contribution < 1.29 is 9.47 Å². The molecule has 2 atom stereocenters. The van der Waals surface area contributed by atoms with Crippen molar-refractivity contribution in [3.05, 3.63) is 48.6 Å². The maximum atomic E-state index is 6.62. The van der Waals surface area contributed by atoms with Crippen molar-refractivity contribution in [1.29, 1.82) is 0 Å². The van der Waals surface area contributed by atoms with E-state index in [-0.39, 0.29) is 11.9 Å². The lowest BCUT2D eigenvalue weighted by molar-refractivity contribution is -0.180. The van der Waals surface area contributed by atoms with Crippen molar-refractivity contribution in [3.63, 3.8) is 0 Å². The van der Waals surface area contributed by atoms with E-state index in [1.807, 2.05) is 0 Å². The van der Waals surface area contributed by atoms with Crippen LogP contribution in [0.3, 0.4) is 0 Å². The second-order valence-electron chi connectivity index (χ2n) is 13.9. The van der Waals surface area contributed by atoms with Crippen LogP contribution in [0.25, 0.3) is 0 Å². The molecule has 1 aliphatic rings.